The summed E-state index contributed by atoms with van der Waals surface area (Å²) in [4.78, 5) is 14.4. The van der Waals surface area contributed by atoms with Gasteiger partial charge in [0.05, 0.1) is 10.7 Å². The van der Waals surface area contributed by atoms with Gasteiger partial charge in [0.15, 0.2) is 0 Å². The molecule has 3 rings (SSSR count). The molecule has 0 N–H and O–H groups in total. The Hall–Kier alpha value is -1.62. The van der Waals surface area contributed by atoms with Crippen LogP contribution in [0.4, 0.5) is 0 Å². The third kappa shape index (κ3) is 2.18. The largest absolute Gasteiger partial charge is 0.333 e. The van der Waals surface area contributed by atoms with Crippen LogP contribution in [0.25, 0.3) is 0 Å². The summed E-state index contributed by atoms with van der Waals surface area (Å²) >= 11 is 3.39. The molecular weight excluding hydrogens is 306 g/mol. The normalized spacial score (nSPS) is 14.3. The lowest BCUT2D eigenvalue weighted by Crippen LogP contribution is -2.37. The SMILES string of the molecule is Cn1ncc(Br)c1C(=O)N1CCc2ccccc2C1. The van der Waals surface area contributed by atoms with E-state index >= 15 is 0 Å². The molecular formula is C14H14BrN3O. The Bertz CT molecular complexity index is 616. The molecule has 4 nitrogen and oxygen atoms in total. The number of fused-ring (bicyclic) bond motifs is 1. The summed E-state index contributed by atoms with van der Waals surface area (Å²) in [6.45, 7) is 1.43. The Kier molecular flexibility index (Phi) is 3.14. The fourth-order valence-electron chi connectivity index (χ4n) is 2.47. The highest BCUT2D eigenvalue weighted by molar-refractivity contribution is 9.10. The van der Waals surface area contributed by atoms with Crippen LogP contribution in [0, 0.1) is 0 Å². The molecule has 0 saturated heterocycles. The molecule has 19 heavy (non-hydrogen) atoms. The molecule has 0 spiro atoms. The van der Waals surface area contributed by atoms with E-state index in [9.17, 15) is 4.79 Å². The maximum absolute atomic E-state index is 12.5. The Morgan fingerprint density at radius 2 is 2.05 bits per heavy atom. The summed E-state index contributed by atoms with van der Waals surface area (Å²) in [6.07, 6.45) is 2.57. The van der Waals surface area contributed by atoms with Gasteiger partial charge in [0.25, 0.3) is 5.91 Å². The lowest BCUT2D eigenvalue weighted by molar-refractivity contribution is 0.0722. The number of amides is 1. The Balaban J connectivity index is 1.88. The molecule has 0 atom stereocenters. The van der Waals surface area contributed by atoms with Crippen LogP contribution in [0.5, 0.6) is 0 Å². The molecule has 2 heterocycles. The lowest BCUT2D eigenvalue weighted by Gasteiger charge is -2.28. The van der Waals surface area contributed by atoms with E-state index < -0.39 is 0 Å². The van der Waals surface area contributed by atoms with Crippen molar-refractivity contribution in [1.29, 1.82) is 0 Å². The first-order valence-corrected chi connectivity index (χ1v) is 6.99. The number of hydrogen-bond acceptors (Lipinski definition) is 2. The maximum atomic E-state index is 12.5. The standard InChI is InChI=1S/C14H14BrN3O/c1-17-13(12(15)8-16-17)14(19)18-7-6-10-4-2-3-5-11(10)9-18/h2-5,8H,6-7,9H2,1H3. The van der Waals surface area contributed by atoms with Gasteiger partial charge in [-0.3, -0.25) is 9.48 Å². The monoisotopic (exact) mass is 319 g/mol. The first-order valence-electron chi connectivity index (χ1n) is 6.20. The predicted molar refractivity (Wildman–Crippen MR) is 75.8 cm³/mol. The first kappa shape index (κ1) is 12.4. The molecule has 0 unspecified atom stereocenters. The summed E-state index contributed by atoms with van der Waals surface area (Å²) in [5.41, 5.74) is 3.19. The van der Waals surface area contributed by atoms with E-state index in [-0.39, 0.29) is 5.91 Å². The van der Waals surface area contributed by atoms with Gasteiger partial charge >= 0.3 is 0 Å². The molecule has 0 radical (unpaired) electrons. The van der Waals surface area contributed by atoms with E-state index in [1.807, 2.05) is 17.0 Å². The van der Waals surface area contributed by atoms with Crippen molar-refractivity contribution in [3.63, 3.8) is 0 Å². The quantitative estimate of drug-likeness (QED) is 0.809. The Morgan fingerprint density at radius 3 is 2.74 bits per heavy atom. The van der Waals surface area contributed by atoms with Gasteiger partial charge in [0.1, 0.15) is 5.69 Å². The minimum Gasteiger partial charge on any atom is -0.333 e. The Labute approximate surface area is 120 Å². The number of carbonyl (C=O) groups excluding carboxylic acids is 1. The minimum absolute atomic E-state index is 0.0291. The predicted octanol–water partition coefficient (Wildman–Crippen LogP) is 2.38. The van der Waals surface area contributed by atoms with E-state index in [2.05, 4.69) is 33.2 Å². The van der Waals surface area contributed by atoms with Gasteiger partial charge in [0, 0.05) is 20.1 Å². The maximum Gasteiger partial charge on any atom is 0.273 e. The molecule has 0 fully saturated rings. The zero-order chi connectivity index (χ0) is 13.4. The van der Waals surface area contributed by atoms with Crippen LogP contribution < -0.4 is 0 Å². The number of halogens is 1. The van der Waals surface area contributed by atoms with Crippen molar-refractivity contribution in [1.82, 2.24) is 14.7 Å². The van der Waals surface area contributed by atoms with Gasteiger partial charge in [-0.15, -0.1) is 0 Å². The smallest absolute Gasteiger partial charge is 0.273 e. The van der Waals surface area contributed by atoms with E-state index in [0.717, 1.165) is 17.4 Å². The highest BCUT2D eigenvalue weighted by Crippen LogP contribution is 2.23. The number of benzene rings is 1. The fourth-order valence-corrected chi connectivity index (χ4v) is 2.99. The number of aryl methyl sites for hydroxylation is 1. The van der Waals surface area contributed by atoms with Crippen LogP contribution in [0.1, 0.15) is 21.6 Å². The average molecular weight is 320 g/mol. The van der Waals surface area contributed by atoms with Gasteiger partial charge in [-0.2, -0.15) is 5.10 Å². The fraction of sp³-hybridized carbons (Fsp3) is 0.286. The van der Waals surface area contributed by atoms with Crippen LogP contribution in [0.15, 0.2) is 34.9 Å². The molecule has 1 aliphatic rings. The second-order valence-corrected chi connectivity index (χ2v) is 5.56. The molecule has 1 aromatic heterocycles. The number of aromatic nitrogens is 2. The summed E-state index contributed by atoms with van der Waals surface area (Å²) in [7, 11) is 1.79. The zero-order valence-corrected chi connectivity index (χ0v) is 12.2. The zero-order valence-electron chi connectivity index (χ0n) is 10.6. The third-order valence-electron chi connectivity index (χ3n) is 3.51. The lowest BCUT2D eigenvalue weighted by atomic mass is 10.00. The van der Waals surface area contributed by atoms with Crippen molar-refractivity contribution < 1.29 is 4.79 Å². The van der Waals surface area contributed by atoms with Crippen LogP contribution in [0.3, 0.4) is 0 Å². The van der Waals surface area contributed by atoms with Crippen LogP contribution in [-0.4, -0.2) is 27.1 Å². The van der Waals surface area contributed by atoms with Crippen molar-refractivity contribution in [3.8, 4) is 0 Å². The van der Waals surface area contributed by atoms with Crippen LogP contribution >= 0.6 is 15.9 Å². The van der Waals surface area contributed by atoms with Crippen LogP contribution in [-0.2, 0) is 20.0 Å². The van der Waals surface area contributed by atoms with Crippen molar-refractivity contribution >= 4 is 21.8 Å². The minimum atomic E-state index is 0.0291. The number of nitrogens with zero attached hydrogens (tertiary/aromatic N) is 3. The highest BCUT2D eigenvalue weighted by Gasteiger charge is 2.25. The van der Waals surface area contributed by atoms with E-state index in [0.29, 0.717) is 12.2 Å². The highest BCUT2D eigenvalue weighted by atomic mass is 79.9. The first-order chi connectivity index (χ1) is 9.16. The van der Waals surface area contributed by atoms with Crippen molar-refractivity contribution in [2.24, 2.45) is 7.05 Å². The summed E-state index contributed by atoms with van der Waals surface area (Å²) < 4.78 is 2.37. The molecule has 2 aromatic rings. The molecule has 1 aliphatic heterocycles. The topological polar surface area (TPSA) is 38.1 Å². The van der Waals surface area contributed by atoms with Crippen molar-refractivity contribution in [3.05, 3.63) is 51.8 Å². The van der Waals surface area contributed by atoms with Gasteiger partial charge in [0.2, 0.25) is 0 Å². The molecule has 0 saturated carbocycles. The second-order valence-electron chi connectivity index (χ2n) is 4.71. The number of hydrogen-bond donors (Lipinski definition) is 0. The van der Waals surface area contributed by atoms with Gasteiger partial charge < -0.3 is 4.90 Å². The van der Waals surface area contributed by atoms with E-state index in [1.165, 1.54) is 11.1 Å². The molecule has 0 bridgehead atoms. The van der Waals surface area contributed by atoms with Crippen molar-refractivity contribution in [2.45, 2.75) is 13.0 Å². The van der Waals surface area contributed by atoms with Gasteiger partial charge in [-0.1, -0.05) is 24.3 Å². The number of rotatable bonds is 1. The van der Waals surface area contributed by atoms with Crippen LogP contribution in [0.2, 0.25) is 0 Å². The molecule has 5 heteroatoms. The Morgan fingerprint density at radius 1 is 1.32 bits per heavy atom. The number of carbonyl (C=O) groups is 1. The molecule has 0 aliphatic carbocycles. The summed E-state index contributed by atoms with van der Waals surface area (Å²) in [6, 6.07) is 8.30. The van der Waals surface area contributed by atoms with E-state index in [4.69, 9.17) is 0 Å². The van der Waals surface area contributed by atoms with E-state index in [1.54, 1.807) is 17.9 Å². The molecule has 98 valence electrons. The van der Waals surface area contributed by atoms with Crippen molar-refractivity contribution in [2.75, 3.05) is 6.54 Å². The summed E-state index contributed by atoms with van der Waals surface area (Å²) in [5.74, 6) is 0.0291. The van der Waals surface area contributed by atoms with Gasteiger partial charge in [-0.25, -0.2) is 0 Å². The second kappa shape index (κ2) is 4.81. The molecule has 1 amide bonds. The average Bonchev–Trinajstić information content (AvgIpc) is 2.77. The molecule has 1 aromatic carbocycles. The van der Waals surface area contributed by atoms with Gasteiger partial charge in [-0.05, 0) is 33.5 Å². The third-order valence-corrected chi connectivity index (χ3v) is 4.09. The summed E-state index contributed by atoms with van der Waals surface area (Å²) in [5, 5.41) is 4.10.